The first kappa shape index (κ1) is 22.1. The van der Waals surface area contributed by atoms with Crippen LogP contribution in [-0.2, 0) is 6.61 Å². The Kier molecular flexibility index (Phi) is 6.52. The fraction of sp³-hybridized carbons (Fsp3) is 0.276. The van der Waals surface area contributed by atoms with Gasteiger partial charge >= 0.3 is 0 Å². The fourth-order valence-corrected chi connectivity index (χ4v) is 4.50. The van der Waals surface area contributed by atoms with Gasteiger partial charge in [-0.05, 0) is 67.3 Å². The lowest BCUT2D eigenvalue weighted by atomic mass is 9.88. The molecule has 0 aliphatic heterocycles. The van der Waals surface area contributed by atoms with Gasteiger partial charge in [-0.2, -0.15) is 9.78 Å². The number of aromatic nitrogens is 2. The van der Waals surface area contributed by atoms with E-state index in [-0.39, 0.29) is 11.5 Å². The second-order valence-corrected chi connectivity index (χ2v) is 9.03. The van der Waals surface area contributed by atoms with Gasteiger partial charge in [0.2, 0.25) is 0 Å². The van der Waals surface area contributed by atoms with Crippen molar-refractivity contribution >= 4 is 17.1 Å². The average molecular weight is 452 g/mol. The van der Waals surface area contributed by atoms with Gasteiger partial charge in [-0.25, -0.2) is 4.98 Å². The molecule has 0 bridgehead atoms. The lowest BCUT2D eigenvalue weighted by Crippen LogP contribution is -2.25. The summed E-state index contributed by atoms with van der Waals surface area (Å²) in [5, 5.41) is 5.20. The highest BCUT2D eigenvalue weighted by molar-refractivity contribution is 5.80. The molecule has 0 saturated heterocycles. The predicted molar refractivity (Wildman–Crippen MR) is 137 cm³/mol. The van der Waals surface area contributed by atoms with E-state index in [0.717, 1.165) is 41.1 Å². The second kappa shape index (κ2) is 10.0. The molecule has 0 N–H and O–H groups in total. The van der Waals surface area contributed by atoms with Gasteiger partial charge < -0.3 is 4.74 Å². The van der Waals surface area contributed by atoms with Crippen molar-refractivity contribution in [3.8, 4) is 5.75 Å². The molecule has 1 fully saturated rings. The van der Waals surface area contributed by atoms with Crippen LogP contribution in [0.1, 0.15) is 60.5 Å². The van der Waals surface area contributed by atoms with Crippen molar-refractivity contribution in [2.24, 2.45) is 5.10 Å². The summed E-state index contributed by atoms with van der Waals surface area (Å²) >= 11 is 0. The lowest BCUT2D eigenvalue weighted by molar-refractivity contribution is 0.306. The number of benzene rings is 3. The molecule has 1 aliphatic rings. The summed E-state index contributed by atoms with van der Waals surface area (Å²) < 4.78 is 7.42. The van der Waals surface area contributed by atoms with Crippen LogP contribution in [0.5, 0.6) is 5.75 Å². The van der Waals surface area contributed by atoms with Crippen molar-refractivity contribution < 1.29 is 4.74 Å². The minimum atomic E-state index is -0.111. The molecule has 1 aliphatic carbocycles. The summed E-state index contributed by atoms with van der Waals surface area (Å²) in [6, 6.07) is 23.6. The number of para-hydroxylation sites is 1. The van der Waals surface area contributed by atoms with Crippen LogP contribution in [-0.4, -0.2) is 15.9 Å². The van der Waals surface area contributed by atoms with Gasteiger partial charge in [0.15, 0.2) is 0 Å². The Morgan fingerprint density at radius 3 is 2.47 bits per heavy atom. The third kappa shape index (κ3) is 4.93. The maximum atomic E-state index is 13.3. The van der Waals surface area contributed by atoms with Crippen molar-refractivity contribution in [2.75, 3.05) is 0 Å². The molecule has 0 unspecified atom stereocenters. The Morgan fingerprint density at radius 2 is 1.71 bits per heavy atom. The van der Waals surface area contributed by atoms with Gasteiger partial charge in [0, 0.05) is 5.92 Å². The topological polar surface area (TPSA) is 56.5 Å². The Labute approximate surface area is 199 Å². The van der Waals surface area contributed by atoms with Gasteiger partial charge in [-0.3, -0.25) is 4.79 Å². The van der Waals surface area contributed by atoms with Gasteiger partial charge in [0.1, 0.15) is 18.2 Å². The Morgan fingerprint density at radius 1 is 0.971 bits per heavy atom. The van der Waals surface area contributed by atoms with Gasteiger partial charge in [-0.1, -0.05) is 61.2 Å². The minimum absolute atomic E-state index is 0.111. The van der Waals surface area contributed by atoms with Gasteiger partial charge in [0.05, 0.1) is 17.1 Å². The quantitative estimate of drug-likeness (QED) is 0.327. The number of hydrogen-bond acceptors (Lipinski definition) is 4. The third-order valence-corrected chi connectivity index (χ3v) is 6.48. The molecule has 5 heteroatoms. The maximum Gasteiger partial charge on any atom is 0.282 e. The van der Waals surface area contributed by atoms with E-state index in [4.69, 9.17) is 9.72 Å². The maximum absolute atomic E-state index is 13.3. The first-order valence-electron chi connectivity index (χ1n) is 12.0. The van der Waals surface area contributed by atoms with Gasteiger partial charge in [-0.15, -0.1) is 0 Å². The average Bonchev–Trinajstić information content (AvgIpc) is 2.89. The molecular weight excluding hydrogens is 422 g/mol. The number of rotatable bonds is 6. The van der Waals surface area contributed by atoms with E-state index >= 15 is 0 Å². The molecule has 1 aromatic heterocycles. The molecule has 0 spiro atoms. The summed E-state index contributed by atoms with van der Waals surface area (Å²) in [5.41, 5.74) is 3.90. The molecule has 1 heterocycles. The molecule has 1 saturated carbocycles. The minimum Gasteiger partial charge on any atom is -0.489 e. The van der Waals surface area contributed by atoms with Crippen LogP contribution >= 0.6 is 0 Å². The molecule has 5 nitrogen and oxygen atoms in total. The summed E-state index contributed by atoms with van der Waals surface area (Å²) in [6.07, 6.45) is 7.41. The molecule has 0 amide bonds. The summed E-state index contributed by atoms with van der Waals surface area (Å²) in [4.78, 5) is 18.2. The van der Waals surface area contributed by atoms with Crippen molar-refractivity contribution in [2.45, 2.75) is 51.6 Å². The van der Waals surface area contributed by atoms with Crippen LogP contribution in [0.25, 0.3) is 10.9 Å². The Bertz CT molecular complexity index is 1350. The molecule has 172 valence electrons. The lowest BCUT2D eigenvalue weighted by Gasteiger charge is -2.22. The smallest absolute Gasteiger partial charge is 0.282 e. The molecule has 3 aromatic carbocycles. The highest BCUT2D eigenvalue weighted by Crippen LogP contribution is 2.31. The van der Waals surface area contributed by atoms with Crippen molar-refractivity contribution in [1.29, 1.82) is 0 Å². The molecule has 4 aromatic rings. The summed E-state index contributed by atoms with van der Waals surface area (Å²) in [6.45, 7) is 2.60. The zero-order chi connectivity index (χ0) is 23.3. The van der Waals surface area contributed by atoms with Crippen LogP contribution < -0.4 is 10.3 Å². The van der Waals surface area contributed by atoms with Gasteiger partial charge in [0.25, 0.3) is 5.56 Å². The Balaban J connectivity index is 1.38. The number of ether oxygens (including phenoxy) is 1. The van der Waals surface area contributed by atoms with Crippen LogP contribution in [0.3, 0.4) is 0 Å². The molecule has 0 atom stereocenters. The standard InChI is InChI=1S/C29H29N3O2/c1-21-11-13-23(14-12-21)20-34-25-17-15-22(16-18-25)19-30-32-28(24-7-3-2-4-8-24)31-27-10-6-5-9-26(27)29(32)33/h5-6,9-19,24H,2-4,7-8,20H2,1H3. The number of hydrogen-bond donors (Lipinski definition) is 0. The van der Waals surface area contributed by atoms with Crippen molar-refractivity contribution in [3.05, 3.63) is 106 Å². The van der Waals surface area contributed by atoms with Crippen molar-refractivity contribution in [1.82, 2.24) is 9.66 Å². The molecule has 34 heavy (non-hydrogen) atoms. The van der Waals surface area contributed by atoms with E-state index in [2.05, 4.69) is 36.3 Å². The zero-order valence-corrected chi connectivity index (χ0v) is 19.5. The van der Waals surface area contributed by atoms with E-state index in [1.807, 2.05) is 48.5 Å². The first-order chi connectivity index (χ1) is 16.7. The van der Waals surface area contributed by atoms with E-state index < -0.39 is 0 Å². The van der Waals surface area contributed by atoms with Crippen molar-refractivity contribution in [3.63, 3.8) is 0 Å². The molecular formula is C29H29N3O2. The van der Waals surface area contributed by atoms with Crippen LogP contribution in [0, 0.1) is 6.92 Å². The largest absolute Gasteiger partial charge is 0.489 e. The predicted octanol–water partition coefficient (Wildman–Crippen LogP) is 6.21. The monoisotopic (exact) mass is 451 g/mol. The molecule has 0 radical (unpaired) electrons. The van der Waals surface area contributed by atoms with E-state index in [0.29, 0.717) is 12.0 Å². The molecule has 5 rings (SSSR count). The first-order valence-corrected chi connectivity index (χ1v) is 12.0. The van der Waals surface area contributed by atoms with E-state index in [9.17, 15) is 4.79 Å². The van der Waals surface area contributed by atoms with Crippen LogP contribution in [0.4, 0.5) is 0 Å². The highest BCUT2D eigenvalue weighted by atomic mass is 16.5. The zero-order valence-electron chi connectivity index (χ0n) is 19.5. The van der Waals surface area contributed by atoms with Crippen LogP contribution in [0.2, 0.25) is 0 Å². The highest BCUT2D eigenvalue weighted by Gasteiger charge is 2.22. The summed E-state index contributed by atoms with van der Waals surface area (Å²) in [5.74, 6) is 1.84. The van der Waals surface area contributed by atoms with E-state index in [1.165, 1.54) is 29.5 Å². The number of nitrogens with zero attached hydrogens (tertiary/aromatic N) is 3. The normalized spacial score (nSPS) is 14.6. The third-order valence-electron chi connectivity index (χ3n) is 6.48. The number of aryl methyl sites for hydroxylation is 1. The van der Waals surface area contributed by atoms with E-state index in [1.54, 1.807) is 6.21 Å². The fourth-order valence-electron chi connectivity index (χ4n) is 4.50. The Hall–Kier alpha value is -3.73. The number of fused-ring (bicyclic) bond motifs is 1. The summed E-state index contributed by atoms with van der Waals surface area (Å²) in [7, 11) is 0. The second-order valence-electron chi connectivity index (χ2n) is 9.03. The SMILES string of the molecule is Cc1ccc(COc2ccc(C=Nn3c(C4CCCCC4)nc4ccccc4c3=O)cc2)cc1. The van der Waals surface area contributed by atoms with Crippen LogP contribution in [0.15, 0.2) is 82.7 Å².